The number of amides is 1. The molecular formula is C23H25FN2O3. The van der Waals surface area contributed by atoms with Crippen LogP contribution < -0.4 is 10.2 Å². The summed E-state index contributed by atoms with van der Waals surface area (Å²) in [4.78, 5) is 38.7. The van der Waals surface area contributed by atoms with Gasteiger partial charge in [0.2, 0.25) is 5.91 Å². The number of piperidine rings is 1. The van der Waals surface area contributed by atoms with E-state index in [1.54, 1.807) is 36.4 Å². The molecule has 2 aromatic rings. The molecule has 1 heterocycles. The lowest BCUT2D eigenvalue weighted by Gasteiger charge is -2.39. The van der Waals surface area contributed by atoms with E-state index in [-0.39, 0.29) is 29.2 Å². The maximum absolute atomic E-state index is 13.3. The molecule has 1 aliphatic heterocycles. The van der Waals surface area contributed by atoms with Crippen molar-refractivity contribution in [1.29, 1.82) is 0 Å². The number of nitrogens with one attached hydrogen (secondary N) is 1. The molecule has 2 atom stereocenters. The van der Waals surface area contributed by atoms with E-state index in [2.05, 4.69) is 5.32 Å². The van der Waals surface area contributed by atoms with E-state index in [4.69, 9.17) is 0 Å². The molecule has 152 valence electrons. The summed E-state index contributed by atoms with van der Waals surface area (Å²) in [6.07, 6.45) is 1.45. The predicted octanol–water partition coefficient (Wildman–Crippen LogP) is 4.23. The number of carbonyl (C=O) groups is 3. The Morgan fingerprint density at radius 1 is 1.07 bits per heavy atom. The molecule has 1 saturated heterocycles. The van der Waals surface area contributed by atoms with Crippen LogP contribution >= 0.6 is 0 Å². The summed E-state index contributed by atoms with van der Waals surface area (Å²) in [5, 5.41) is 2.68. The van der Waals surface area contributed by atoms with E-state index in [1.165, 1.54) is 19.1 Å². The molecule has 6 heteroatoms. The largest absolute Gasteiger partial charge is 0.361 e. The zero-order chi connectivity index (χ0) is 21.0. The highest BCUT2D eigenvalue weighted by Crippen LogP contribution is 2.31. The lowest BCUT2D eigenvalue weighted by atomic mass is 9.83. The van der Waals surface area contributed by atoms with E-state index in [0.717, 1.165) is 5.69 Å². The summed E-state index contributed by atoms with van der Waals surface area (Å²) < 4.78 is 13.3. The second kappa shape index (κ2) is 8.99. The Morgan fingerprint density at radius 3 is 2.31 bits per heavy atom. The number of benzene rings is 2. The van der Waals surface area contributed by atoms with E-state index in [1.807, 2.05) is 11.8 Å². The maximum atomic E-state index is 13.3. The number of halogens is 1. The number of Topliss-reactive ketones (excluding diaryl/α,β-unsaturated/α-hetero) is 2. The van der Waals surface area contributed by atoms with Gasteiger partial charge in [0.15, 0.2) is 11.6 Å². The molecule has 0 spiro atoms. The highest BCUT2D eigenvalue weighted by molar-refractivity contribution is 5.99. The fraction of sp³-hybridized carbons (Fsp3) is 0.348. The number of anilines is 2. The van der Waals surface area contributed by atoms with Crippen LogP contribution in [0.5, 0.6) is 0 Å². The van der Waals surface area contributed by atoms with Crippen LogP contribution in [0.25, 0.3) is 0 Å². The summed E-state index contributed by atoms with van der Waals surface area (Å²) in [5.74, 6) is -0.656. The molecule has 5 nitrogen and oxygen atoms in total. The van der Waals surface area contributed by atoms with Crippen molar-refractivity contribution in [2.75, 3.05) is 16.8 Å². The van der Waals surface area contributed by atoms with Gasteiger partial charge < -0.3 is 10.2 Å². The van der Waals surface area contributed by atoms with Crippen molar-refractivity contribution >= 4 is 28.8 Å². The lowest BCUT2D eigenvalue weighted by Crippen LogP contribution is -2.48. The molecule has 0 bridgehead atoms. The molecular weight excluding hydrogens is 371 g/mol. The third-order valence-electron chi connectivity index (χ3n) is 5.34. The van der Waals surface area contributed by atoms with Crippen molar-refractivity contribution in [2.45, 2.75) is 39.2 Å². The first kappa shape index (κ1) is 20.7. The number of nitrogens with zero attached hydrogens (tertiary/aromatic N) is 1. The molecule has 1 fully saturated rings. The van der Waals surface area contributed by atoms with Crippen molar-refractivity contribution in [3.05, 3.63) is 59.9 Å². The molecule has 0 aromatic heterocycles. The molecule has 0 aliphatic carbocycles. The minimum atomic E-state index is -0.396. The van der Waals surface area contributed by atoms with Crippen LogP contribution in [0, 0.1) is 11.7 Å². The van der Waals surface area contributed by atoms with Crippen LogP contribution in [0.4, 0.5) is 15.8 Å². The molecule has 1 aliphatic rings. The normalized spacial score (nSPS) is 18.9. The van der Waals surface area contributed by atoms with Gasteiger partial charge in [-0.15, -0.1) is 0 Å². The van der Waals surface area contributed by atoms with Crippen molar-refractivity contribution in [3.63, 3.8) is 0 Å². The number of carbonyl (C=O) groups excluding carboxylic acids is 3. The number of ketones is 2. The van der Waals surface area contributed by atoms with Gasteiger partial charge in [-0.2, -0.15) is 0 Å². The summed E-state index contributed by atoms with van der Waals surface area (Å²) in [7, 11) is 0. The summed E-state index contributed by atoms with van der Waals surface area (Å²) >= 11 is 0. The number of hydrogen-bond acceptors (Lipinski definition) is 4. The minimum Gasteiger partial charge on any atom is -0.361 e. The Morgan fingerprint density at radius 2 is 1.72 bits per heavy atom. The Bertz CT molecular complexity index is 893. The van der Waals surface area contributed by atoms with Crippen molar-refractivity contribution < 1.29 is 18.8 Å². The van der Waals surface area contributed by atoms with E-state index >= 15 is 0 Å². The maximum Gasteiger partial charge on any atom is 0.221 e. The highest BCUT2D eigenvalue weighted by Gasteiger charge is 2.36. The lowest BCUT2D eigenvalue weighted by molar-refractivity contribution is -0.120. The third kappa shape index (κ3) is 4.88. The van der Waals surface area contributed by atoms with Crippen LogP contribution in [-0.4, -0.2) is 30.1 Å². The molecule has 2 unspecified atom stereocenters. The second-order valence-corrected chi connectivity index (χ2v) is 7.35. The van der Waals surface area contributed by atoms with Gasteiger partial charge in [0.05, 0.1) is 6.04 Å². The van der Waals surface area contributed by atoms with Crippen LogP contribution in [-0.2, 0) is 9.59 Å². The standard InChI is InChI=1S/C23H25FN2O3/c1-3-22(28)21-14-17(12-13-26(21)20-10-6-18(24)7-11-20)23(29)16-4-8-19(9-5-16)25-15(2)27/h4-11,17,21H,3,12-14H2,1-2H3,(H,25,27). The third-order valence-corrected chi connectivity index (χ3v) is 5.34. The highest BCUT2D eigenvalue weighted by atomic mass is 19.1. The SMILES string of the molecule is CCC(=O)C1CC(C(=O)c2ccc(NC(C)=O)cc2)CCN1c1ccc(F)cc1. The Balaban J connectivity index is 1.76. The Hall–Kier alpha value is -3.02. The molecule has 0 radical (unpaired) electrons. The fourth-order valence-electron chi connectivity index (χ4n) is 3.84. The van der Waals surface area contributed by atoms with Crippen molar-refractivity contribution in [3.8, 4) is 0 Å². The van der Waals surface area contributed by atoms with Gasteiger partial charge in [-0.3, -0.25) is 14.4 Å². The summed E-state index contributed by atoms with van der Waals surface area (Å²) in [6, 6.07) is 12.5. The van der Waals surface area contributed by atoms with Gasteiger partial charge in [-0.05, 0) is 61.4 Å². The molecule has 3 rings (SSSR count). The van der Waals surface area contributed by atoms with E-state index in [0.29, 0.717) is 37.1 Å². The average Bonchev–Trinajstić information content (AvgIpc) is 2.73. The van der Waals surface area contributed by atoms with Gasteiger partial charge in [-0.25, -0.2) is 4.39 Å². The number of rotatable bonds is 6. The minimum absolute atomic E-state index is 0.00651. The van der Waals surface area contributed by atoms with Gasteiger partial charge in [0.25, 0.3) is 0 Å². The molecule has 1 amide bonds. The monoisotopic (exact) mass is 396 g/mol. The molecule has 2 aromatic carbocycles. The van der Waals surface area contributed by atoms with Crippen LogP contribution in [0.2, 0.25) is 0 Å². The zero-order valence-electron chi connectivity index (χ0n) is 16.7. The first-order chi connectivity index (χ1) is 13.9. The summed E-state index contributed by atoms with van der Waals surface area (Å²) in [6.45, 7) is 3.80. The van der Waals surface area contributed by atoms with Crippen molar-refractivity contribution in [2.24, 2.45) is 5.92 Å². The molecule has 29 heavy (non-hydrogen) atoms. The topological polar surface area (TPSA) is 66.5 Å². The number of hydrogen-bond donors (Lipinski definition) is 1. The summed E-state index contributed by atoms with van der Waals surface area (Å²) in [5.41, 5.74) is 2.00. The van der Waals surface area contributed by atoms with E-state index in [9.17, 15) is 18.8 Å². The van der Waals surface area contributed by atoms with Gasteiger partial charge in [-0.1, -0.05) is 6.92 Å². The van der Waals surface area contributed by atoms with Gasteiger partial charge >= 0.3 is 0 Å². The first-order valence-corrected chi connectivity index (χ1v) is 9.85. The first-order valence-electron chi connectivity index (χ1n) is 9.85. The average molecular weight is 396 g/mol. The zero-order valence-corrected chi connectivity index (χ0v) is 16.7. The molecule has 0 saturated carbocycles. The van der Waals surface area contributed by atoms with Crippen LogP contribution in [0.15, 0.2) is 48.5 Å². The van der Waals surface area contributed by atoms with E-state index < -0.39 is 6.04 Å². The van der Waals surface area contributed by atoms with Crippen LogP contribution in [0.1, 0.15) is 43.5 Å². The predicted molar refractivity (Wildman–Crippen MR) is 111 cm³/mol. The van der Waals surface area contributed by atoms with Gasteiger partial charge in [0, 0.05) is 42.7 Å². The van der Waals surface area contributed by atoms with Gasteiger partial charge in [0.1, 0.15) is 5.82 Å². The second-order valence-electron chi connectivity index (χ2n) is 7.35. The van der Waals surface area contributed by atoms with Crippen molar-refractivity contribution in [1.82, 2.24) is 0 Å². The Labute approximate surface area is 169 Å². The quantitative estimate of drug-likeness (QED) is 0.742. The smallest absolute Gasteiger partial charge is 0.221 e. The Kier molecular flexibility index (Phi) is 6.42. The molecule has 1 N–H and O–H groups in total. The van der Waals surface area contributed by atoms with Crippen LogP contribution in [0.3, 0.4) is 0 Å². The fourth-order valence-corrected chi connectivity index (χ4v) is 3.84.